The molecule has 0 radical (unpaired) electrons. The van der Waals surface area contributed by atoms with E-state index in [2.05, 4.69) is 138 Å². The largest absolute Gasteiger partial charge is 0.309 e. The molecule has 2 heterocycles. The van der Waals surface area contributed by atoms with E-state index < -0.39 is 0 Å². The van der Waals surface area contributed by atoms with Crippen molar-refractivity contribution in [2.24, 2.45) is 0 Å². The second kappa shape index (κ2) is 19.2. The van der Waals surface area contributed by atoms with Crippen LogP contribution in [0.15, 0.2) is 224 Å². The SMILES string of the molecule is N#Cc1ccc(C2=CC=C(c3nc(-c4ccc(-c5ccccc5C#N)cc4)nc(-c4ccc(-c5ccc(C#N)cc5)c(-n5c6ccc(-c7ccccc7)cc6c6cc(-c7ccccc7)ccc65)c4)n3)CC#C2)cc1. The fourth-order valence-corrected chi connectivity index (χ4v) is 9.70. The van der Waals surface area contributed by atoms with Gasteiger partial charge in [-0.3, -0.25) is 0 Å². The van der Waals surface area contributed by atoms with E-state index in [1.165, 1.54) is 0 Å². The molecular formula is C67H39N7. The third kappa shape index (κ3) is 8.46. The van der Waals surface area contributed by atoms with Crippen molar-refractivity contribution in [1.82, 2.24) is 19.5 Å². The molecule has 7 heteroatoms. The second-order valence-corrected chi connectivity index (χ2v) is 17.9. The van der Waals surface area contributed by atoms with Gasteiger partial charge in [-0.15, -0.1) is 0 Å². The van der Waals surface area contributed by atoms with Gasteiger partial charge in [0.25, 0.3) is 0 Å². The van der Waals surface area contributed by atoms with Crippen molar-refractivity contribution >= 4 is 33.0 Å². The Bertz CT molecular complexity index is 4170. The summed E-state index contributed by atoms with van der Waals surface area (Å²) in [5.74, 6) is 8.13. The van der Waals surface area contributed by atoms with E-state index in [0.717, 1.165) is 99.8 Å². The smallest absolute Gasteiger partial charge is 0.164 e. The molecule has 0 saturated carbocycles. The quantitative estimate of drug-likeness (QED) is 0.133. The number of nitriles is 3. The van der Waals surface area contributed by atoms with Gasteiger partial charge in [-0.05, 0) is 111 Å². The molecule has 0 aliphatic heterocycles. The molecule has 0 amide bonds. The minimum Gasteiger partial charge on any atom is -0.309 e. The first-order valence-corrected chi connectivity index (χ1v) is 24.1. The van der Waals surface area contributed by atoms with Gasteiger partial charge in [0.15, 0.2) is 17.5 Å². The van der Waals surface area contributed by atoms with E-state index in [4.69, 9.17) is 15.0 Å². The summed E-state index contributed by atoms with van der Waals surface area (Å²) in [6, 6.07) is 78.2. The van der Waals surface area contributed by atoms with Crippen LogP contribution < -0.4 is 0 Å². The topological polar surface area (TPSA) is 115 Å². The minimum atomic E-state index is 0.392. The number of rotatable bonds is 9. The van der Waals surface area contributed by atoms with E-state index >= 15 is 0 Å². The highest BCUT2D eigenvalue weighted by Gasteiger charge is 2.21. The number of benzene rings is 9. The predicted molar refractivity (Wildman–Crippen MR) is 296 cm³/mol. The zero-order chi connectivity index (χ0) is 50.0. The first-order chi connectivity index (χ1) is 36.5. The van der Waals surface area contributed by atoms with Gasteiger partial charge in [-0.1, -0.05) is 170 Å². The molecule has 11 aromatic rings. The molecule has 7 nitrogen and oxygen atoms in total. The lowest BCUT2D eigenvalue weighted by Crippen LogP contribution is -2.04. The molecule has 0 atom stereocenters. The Morgan fingerprint density at radius 2 is 0.892 bits per heavy atom. The van der Waals surface area contributed by atoms with Crippen LogP contribution in [0.3, 0.4) is 0 Å². The molecule has 1 aliphatic rings. The highest BCUT2D eigenvalue weighted by atomic mass is 15.0. The molecule has 0 unspecified atom stereocenters. The first kappa shape index (κ1) is 44.5. The normalized spacial score (nSPS) is 11.9. The van der Waals surface area contributed by atoms with Crippen molar-refractivity contribution in [3.8, 4) is 103 Å². The Hall–Kier alpha value is -10.7. The predicted octanol–water partition coefficient (Wildman–Crippen LogP) is 15.5. The molecule has 12 rings (SSSR count). The minimum absolute atomic E-state index is 0.392. The summed E-state index contributed by atoms with van der Waals surface area (Å²) in [5.41, 5.74) is 17.0. The molecule has 0 saturated heterocycles. The summed E-state index contributed by atoms with van der Waals surface area (Å²) < 4.78 is 2.34. The van der Waals surface area contributed by atoms with Crippen molar-refractivity contribution in [2.45, 2.75) is 6.42 Å². The lowest BCUT2D eigenvalue weighted by molar-refractivity contribution is 1.02. The van der Waals surface area contributed by atoms with Gasteiger partial charge in [0.05, 0.1) is 51.6 Å². The Morgan fingerprint density at radius 1 is 0.392 bits per heavy atom. The average Bonchev–Trinajstić information content (AvgIpc) is 3.60. The van der Waals surface area contributed by atoms with Crippen LogP contribution in [-0.2, 0) is 0 Å². The summed E-state index contributed by atoms with van der Waals surface area (Å²) in [6.07, 6.45) is 4.39. The summed E-state index contributed by atoms with van der Waals surface area (Å²) in [5, 5.41) is 31.3. The van der Waals surface area contributed by atoms with Crippen molar-refractivity contribution in [2.75, 3.05) is 0 Å². The van der Waals surface area contributed by atoms with Gasteiger partial charge in [-0.25, -0.2) is 15.0 Å². The standard InChI is InChI=1S/C67H39N7/c68-41-44-18-22-49(23-19-44)48-15-9-16-52(29-26-48)65-71-66(53-30-27-50(28-31-53)58-17-8-7-14-57(58)43-70)73-67(72-65)56-32-35-59(51-24-20-45(42-69)21-25-51)64(40-56)74-62-36-33-54(46-10-3-1-4-11-46)38-60(62)61-39-55(34-37-63(61)74)47-12-5-2-6-13-47/h1-8,10-14,17-40H,16H2. The van der Waals surface area contributed by atoms with Crippen molar-refractivity contribution < 1.29 is 0 Å². The highest BCUT2D eigenvalue weighted by Crippen LogP contribution is 2.41. The maximum atomic E-state index is 9.90. The summed E-state index contributed by atoms with van der Waals surface area (Å²) in [7, 11) is 0. The lowest BCUT2D eigenvalue weighted by atomic mass is 9.99. The van der Waals surface area contributed by atoms with Crippen LogP contribution in [0.25, 0.3) is 106 Å². The van der Waals surface area contributed by atoms with E-state index in [9.17, 15) is 15.8 Å². The maximum absolute atomic E-state index is 9.90. The Labute approximate surface area is 428 Å². The Balaban J connectivity index is 1.07. The molecule has 9 aromatic carbocycles. The van der Waals surface area contributed by atoms with Gasteiger partial charge in [0.1, 0.15) is 0 Å². The van der Waals surface area contributed by atoms with Gasteiger partial charge in [0.2, 0.25) is 0 Å². The fourth-order valence-electron chi connectivity index (χ4n) is 9.70. The maximum Gasteiger partial charge on any atom is 0.164 e. The zero-order valence-electron chi connectivity index (χ0n) is 39.7. The number of fused-ring (bicyclic) bond motifs is 3. The monoisotopic (exact) mass is 941 g/mol. The molecule has 1 aliphatic carbocycles. The summed E-state index contributed by atoms with van der Waals surface area (Å²) >= 11 is 0. The highest BCUT2D eigenvalue weighted by molar-refractivity contribution is 6.12. The summed E-state index contributed by atoms with van der Waals surface area (Å²) in [4.78, 5) is 15.7. The number of hydrogen-bond acceptors (Lipinski definition) is 6. The lowest BCUT2D eigenvalue weighted by Gasteiger charge is -2.17. The second-order valence-electron chi connectivity index (χ2n) is 17.9. The third-order valence-electron chi connectivity index (χ3n) is 13.5. The van der Waals surface area contributed by atoms with Gasteiger partial charge in [-0.2, -0.15) is 15.8 Å². The average molecular weight is 942 g/mol. The molecule has 0 spiro atoms. The van der Waals surface area contributed by atoms with Crippen LogP contribution >= 0.6 is 0 Å². The van der Waals surface area contributed by atoms with Gasteiger partial charge < -0.3 is 4.57 Å². The zero-order valence-corrected chi connectivity index (χ0v) is 39.7. The van der Waals surface area contributed by atoms with Crippen LogP contribution in [0.5, 0.6) is 0 Å². The van der Waals surface area contributed by atoms with Crippen LogP contribution in [-0.4, -0.2) is 19.5 Å². The number of nitrogens with zero attached hydrogens (tertiary/aromatic N) is 7. The van der Waals surface area contributed by atoms with Crippen LogP contribution in [0.2, 0.25) is 0 Å². The molecular weight excluding hydrogens is 903 g/mol. The molecule has 0 bridgehead atoms. The van der Waals surface area contributed by atoms with E-state index in [0.29, 0.717) is 40.6 Å². The van der Waals surface area contributed by atoms with Crippen LogP contribution in [0, 0.1) is 45.8 Å². The van der Waals surface area contributed by atoms with Crippen molar-refractivity contribution in [3.63, 3.8) is 0 Å². The third-order valence-corrected chi connectivity index (χ3v) is 13.5. The van der Waals surface area contributed by atoms with E-state index in [1.54, 1.807) is 12.1 Å². The molecule has 74 heavy (non-hydrogen) atoms. The summed E-state index contributed by atoms with van der Waals surface area (Å²) in [6.45, 7) is 0. The van der Waals surface area contributed by atoms with Crippen LogP contribution in [0.4, 0.5) is 0 Å². The molecule has 0 N–H and O–H groups in total. The van der Waals surface area contributed by atoms with Gasteiger partial charge >= 0.3 is 0 Å². The molecule has 2 aromatic heterocycles. The molecule has 342 valence electrons. The van der Waals surface area contributed by atoms with E-state index in [1.807, 2.05) is 109 Å². The first-order valence-electron chi connectivity index (χ1n) is 24.1. The van der Waals surface area contributed by atoms with Crippen LogP contribution in [0.1, 0.15) is 34.5 Å². The van der Waals surface area contributed by atoms with Crippen molar-refractivity contribution in [1.29, 1.82) is 15.8 Å². The fraction of sp³-hybridized carbons (Fsp3) is 0.0149. The molecule has 0 fully saturated rings. The Morgan fingerprint density at radius 3 is 1.50 bits per heavy atom. The number of hydrogen-bond donors (Lipinski definition) is 0. The number of aromatic nitrogens is 4. The van der Waals surface area contributed by atoms with Crippen molar-refractivity contribution in [3.05, 3.63) is 253 Å². The number of allylic oxidation sites excluding steroid dienone is 4. The van der Waals surface area contributed by atoms with Gasteiger partial charge in [0, 0.05) is 45.0 Å². The van der Waals surface area contributed by atoms with E-state index in [-0.39, 0.29) is 0 Å². The Kier molecular flexibility index (Phi) is 11.6.